The molecule has 1 saturated carbocycles. The third-order valence-corrected chi connectivity index (χ3v) is 6.40. The van der Waals surface area contributed by atoms with E-state index in [2.05, 4.69) is 32.2 Å². The van der Waals surface area contributed by atoms with E-state index in [4.69, 9.17) is 0 Å². The summed E-state index contributed by atoms with van der Waals surface area (Å²) in [6.45, 7) is 4.89. The lowest BCUT2D eigenvalue weighted by Gasteiger charge is -2.22. The number of aromatic nitrogens is 4. The Balaban J connectivity index is 1.41. The van der Waals surface area contributed by atoms with E-state index in [1.54, 1.807) is 41.3 Å². The van der Waals surface area contributed by atoms with E-state index in [1.165, 1.54) is 12.5 Å². The molecule has 1 amide bonds. The quantitative estimate of drug-likeness (QED) is 0.615. The van der Waals surface area contributed by atoms with E-state index >= 15 is 0 Å². The smallest absolute Gasteiger partial charge is 0.254 e. The SMILES string of the molecule is CCN1CCC[C@H]1CNC(=O)c1cnn(-c2nccc(-c3ccccc3F)n2)c1C1CC1. The number of nitrogens with one attached hydrogen (secondary N) is 1. The molecule has 2 fully saturated rings. The Hall–Kier alpha value is -3.13. The number of rotatable bonds is 7. The predicted octanol–water partition coefficient (Wildman–Crippen LogP) is 3.56. The monoisotopic (exact) mass is 434 g/mol. The fraction of sp³-hybridized carbons (Fsp3) is 0.417. The minimum absolute atomic E-state index is 0.105. The van der Waals surface area contributed by atoms with Gasteiger partial charge in [-0.05, 0) is 57.0 Å². The van der Waals surface area contributed by atoms with E-state index in [0.29, 0.717) is 35.4 Å². The molecule has 1 aliphatic heterocycles. The topological polar surface area (TPSA) is 75.9 Å². The summed E-state index contributed by atoms with van der Waals surface area (Å²) >= 11 is 0. The van der Waals surface area contributed by atoms with Gasteiger partial charge in [0.2, 0.25) is 0 Å². The zero-order valence-electron chi connectivity index (χ0n) is 18.2. The van der Waals surface area contributed by atoms with Gasteiger partial charge in [-0.3, -0.25) is 9.69 Å². The molecule has 166 valence electrons. The standard InChI is InChI=1S/C24H27FN6O/c1-2-30-13-5-6-17(30)14-27-23(32)19-15-28-31(22(19)16-9-10-16)24-26-12-11-21(29-24)18-7-3-4-8-20(18)25/h3-4,7-8,11-12,15-17H,2,5-6,9-10,13-14H2,1H3,(H,27,32)/t17-/m0/s1. The van der Waals surface area contributed by atoms with Crippen LogP contribution in [0, 0.1) is 5.82 Å². The lowest BCUT2D eigenvalue weighted by atomic mass is 10.1. The molecule has 1 aliphatic carbocycles. The molecule has 0 unspecified atom stereocenters. The van der Waals surface area contributed by atoms with Gasteiger partial charge in [-0.25, -0.2) is 19.0 Å². The van der Waals surface area contributed by atoms with Crippen LogP contribution < -0.4 is 5.32 Å². The molecule has 1 atom stereocenters. The van der Waals surface area contributed by atoms with Crippen molar-refractivity contribution in [3.8, 4) is 17.2 Å². The van der Waals surface area contributed by atoms with E-state index in [9.17, 15) is 9.18 Å². The number of benzene rings is 1. The predicted molar refractivity (Wildman–Crippen MR) is 119 cm³/mol. The molecule has 5 rings (SSSR count). The normalized spacial score (nSPS) is 18.8. The summed E-state index contributed by atoms with van der Waals surface area (Å²) in [6.07, 6.45) is 7.50. The first-order chi connectivity index (χ1) is 15.7. The van der Waals surface area contributed by atoms with Gasteiger partial charge in [0.05, 0.1) is 23.1 Å². The number of carbonyl (C=O) groups is 1. The Morgan fingerprint density at radius 1 is 1.22 bits per heavy atom. The molecule has 0 spiro atoms. The molecule has 0 bridgehead atoms. The number of nitrogens with zero attached hydrogens (tertiary/aromatic N) is 5. The highest BCUT2D eigenvalue weighted by Gasteiger charge is 2.34. The van der Waals surface area contributed by atoms with Crippen molar-refractivity contribution >= 4 is 5.91 Å². The first-order valence-electron chi connectivity index (χ1n) is 11.3. The van der Waals surface area contributed by atoms with Crippen molar-refractivity contribution in [2.75, 3.05) is 19.6 Å². The van der Waals surface area contributed by atoms with Crippen LogP contribution in [0.3, 0.4) is 0 Å². The molecule has 8 heteroatoms. The van der Waals surface area contributed by atoms with Gasteiger partial charge < -0.3 is 5.32 Å². The number of likely N-dealkylation sites (N-methyl/N-ethyl adjacent to an activating group) is 1. The van der Waals surface area contributed by atoms with Gasteiger partial charge in [-0.1, -0.05) is 19.1 Å². The second kappa shape index (κ2) is 8.78. The Morgan fingerprint density at radius 3 is 2.84 bits per heavy atom. The Labute approximate surface area is 186 Å². The molecule has 3 aromatic rings. The summed E-state index contributed by atoms with van der Waals surface area (Å²) in [7, 11) is 0. The van der Waals surface area contributed by atoms with Crippen LogP contribution in [0.1, 0.15) is 54.6 Å². The summed E-state index contributed by atoms with van der Waals surface area (Å²) in [5, 5.41) is 7.58. The van der Waals surface area contributed by atoms with Gasteiger partial charge in [-0.2, -0.15) is 5.10 Å². The maximum atomic E-state index is 14.3. The Bertz CT molecular complexity index is 1130. The summed E-state index contributed by atoms with van der Waals surface area (Å²) in [5.74, 6) is 0.164. The zero-order valence-corrected chi connectivity index (χ0v) is 18.2. The average Bonchev–Trinajstić information content (AvgIpc) is 3.39. The van der Waals surface area contributed by atoms with Crippen molar-refractivity contribution in [2.24, 2.45) is 0 Å². The number of halogens is 1. The summed E-state index contributed by atoms with van der Waals surface area (Å²) in [5.41, 5.74) is 2.31. The minimum Gasteiger partial charge on any atom is -0.350 e. The molecule has 3 heterocycles. The molecule has 1 N–H and O–H groups in total. The molecule has 0 radical (unpaired) electrons. The summed E-state index contributed by atoms with van der Waals surface area (Å²) in [4.78, 5) is 24.4. The van der Waals surface area contributed by atoms with E-state index in [0.717, 1.165) is 38.0 Å². The molecular formula is C24H27FN6O. The maximum Gasteiger partial charge on any atom is 0.254 e. The van der Waals surface area contributed by atoms with Gasteiger partial charge in [0, 0.05) is 30.3 Å². The molecule has 1 saturated heterocycles. The van der Waals surface area contributed by atoms with Crippen LogP contribution >= 0.6 is 0 Å². The highest BCUT2D eigenvalue weighted by Crippen LogP contribution is 2.42. The van der Waals surface area contributed by atoms with Crippen LogP contribution in [0.4, 0.5) is 4.39 Å². The molecular weight excluding hydrogens is 407 g/mol. The van der Waals surface area contributed by atoms with Crippen molar-refractivity contribution in [1.82, 2.24) is 30.0 Å². The van der Waals surface area contributed by atoms with E-state index in [-0.39, 0.29) is 17.6 Å². The fourth-order valence-corrected chi connectivity index (χ4v) is 4.56. The zero-order chi connectivity index (χ0) is 22.1. The van der Waals surface area contributed by atoms with Gasteiger partial charge in [0.15, 0.2) is 0 Å². The van der Waals surface area contributed by atoms with Crippen molar-refractivity contribution in [3.63, 3.8) is 0 Å². The van der Waals surface area contributed by atoms with E-state index in [1.807, 2.05) is 0 Å². The Morgan fingerprint density at radius 2 is 2.06 bits per heavy atom. The first-order valence-corrected chi connectivity index (χ1v) is 11.3. The number of amides is 1. The average molecular weight is 435 g/mol. The highest BCUT2D eigenvalue weighted by molar-refractivity contribution is 5.95. The first kappa shape index (κ1) is 20.8. The van der Waals surface area contributed by atoms with Crippen LogP contribution in [0.2, 0.25) is 0 Å². The van der Waals surface area contributed by atoms with Crippen LogP contribution in [-0.4, -0.2) is 56.2 Å². The van der Waals surface area contributed by atoms with Gasteiger partial charge >= 0.3 is 0 Å². The second-order valence-electron chi connectivity index (χ2n) is 8.49. The van der Waals surface area contributed by atoms with Gasteiger partial charge in [0.25, 0.3) is 11.9 Å². The largest absolute Gasteiger partial charge is 0.350 e. The van der Waals surface area contributed by atoms with Gasteiger partial charge in [-0.15, -0.1) is 0 Å². The number of hydrogen-bond acceptors (Lipinski definition) is 5. The molecule has 2 aromatic heterocycles. The van der Waals surface area contributed by atoms with Crippen molar-refractivity contribution < 1.29 is 9.18 Å². The Kier molecular flexibility index (Phi) is 5.70. The third-order valence-electron chi connectivity index (χ3n) is 6.40. The van der Waals surface area contributed by atoms with Crippen molar-refractivity contribution in [3.05, 3.63) is 59.8 Å². The summed E-state index contributed by atoms with van der Waals surface area (Å²) < 4.78 is 15.9. The van der Waals surface area contributed by atoms with Gasteiger partial charge in [0.1, 0.15) is 5.82 Å². The maximum absolute atomic E-state index is 14.3. The van der Waals surface area contributed by atoms with E-state index < -0.39 is 0 Å². The van der Waals surface area contributed by atoms with Crippen LogP contribution in [0.15, 0.2) is 42.7 Å². The minimum atomic E-state index is -0.340. The number of carbonyl (C=O) groups excluding carboxylic acids is 1. The van der Waals surface area contributed by atoms with Crippen LogP contribution in [-0.2, 0) is 0 Å². The highest BCUT2D eigenvalue weighted by atomic mass is 19.1. The lowest BCUT2D eigenvalue weighted by molar-refractivity contribution is 0.0940. The molecule has 32 heavy (non-hydrogen) atoms. The third kappa shape index (κ3) is 4.02. The van der Waals surface area contributed by atoms with Crippen molar-refractivity contribution in [2.45, 2.75) is 44.6 Å². The summed E-state index contributed by atoms with van der Waals surface area (Å²) in [6, 6.07) is 8.59. The van der Waals surface area contributed by atoms with Crippen LogP contribution in [0.25, 0.3) is 17.2 Å². The van der Waals surface area contributed by atoms with Crippen LogP contribution in [0.5, 0.6) is 0 Å². The molecule has 2 aliphatic rings. The van der Waals surface area contributed by atoms with Crippen molar-refractivity contribution in [1.29, 1.82) is 0 Å². The number of likely N-dealkylation sites (tertiary alicyclic amines) is 1. The molecule has 7 nitrogen and oxygen atoms in total. The fourth-order valence-electron chi connectivity index (χ4n) is 4.56. The molecule has 1 aromatic carbocycles. The number of hydrogen-bond donors (Lipinski definition) is 1. The second-order valence-corrected chi connectivity index (χ2v) is 8.49. The lowest BCUT2D eigenvalue weighted by Crippen LogP contribution is -2.40.